The quantitative estimate of drug-likeness (QED) is 0.591. The van der Waals surface area contributed by atoms with Crippen LogP contribution < -0.4 is 15.1 Å². The molecule has 0 heterocycles. The fourth-order valence-corrected chi connectivity index (χ4v) is 3.02. The average Bonchev–Trinajstić information content (AvgIpc) is 2.54. The normalized spacial score (nSPS) is 10.8. The smallest absolute Gasteiger partial charge is 0.277 e. The number of hydrogen-bond donors (Lipinski definition) is 1. The maximum absolute atomic E-state index is 11.9. The Bertz CT molecular complexity index is 748. The third-order valence-electron chi connectivity index (χ3n) is 3.59. The van der Waals surface area contributed by atoms with Crippen LogP contribution in [-0.2, 0) is 4.79 Å². The second-order valence-electron chi connectivity index (χ2n) is 5.94. The van der Waals surface area contributed by atoms with Gasteiger partial charge in [0.05, 0.1) is 6.21 Å². The molecule has 0 saturated heterocycles. The first kappa shape index (κ1) is 19.0. The highest BCUT2D eigenvalue weighted by Crippen LogP contribution is 2.27. The van der Waals surface area contributed by atoms with Gasteiger partial charge in [0.25, 0.3) is 5.91 Å². The zero-order valence-corrected chi connectivity index (χ0v) is 16.4. The van der Waals surface area contributed by atoms with Crippen molar-refractivity contribution < 1.29 is 9.53 Å². The van der Waals surface area contributed by atoms with Crippen LogP contribution in [0.15, 0.2) is 46.0 Å². The summed E-state index contributed by atoms with van der Waals surface area (Å²) in [4.78, 5) is 13.9. The van der Waals surface area contributed by atoms with Crippen molar-refractivity contribution in [2.45, 2.75) is 13.8 Å². The van der Waals surface area contributed by atoms with E-state index in [4.69, 9.17) is 4.74 Å². The topological polar surface area (TPSA) is 53.9 Å². The van der Waals surface area contributed by atoms with Crippen LogP contribution >= 0.6 is 15.9 Å². The average molecular weight is 404 g/mol. The van der Waals surface area contributed by atoms with Gasteiger partial charge in [0.1, 0.15) is 5.75 Å². The van der Waals surface area contributed by atoms with Crippen molar-refractivity contribution >= 4 is 33.7 Å². The number of amides is 1. The highest BCUT2D eigenvalue weighted by Gasteiger charge is 2.08. The number of benzene rings is 2. The minimum absolute atomic E-state index is 0.0831. The first-order valence-corrected chi connectivity index (χ1v) is 8.65. The van der Waals surface area contributed by atoms with Crippen LogP contribution in [0.2, 0.25) is 0 Å². The molecule has 2 aromatic rings. The van der Waals surface area contributed by atoms with Gasteiger partial charge < -0.3 is 9.64 Å². The monoisotopic (exact) mass is 403 g/mol. The number of hydrazone groups is 1. The highest BCUT2D eigenvalue weighted by atomic mass is 79.9. The summed E-state index contributed by atoms with van der Waals surface area (Å²) in [5.41, 5.74) is 6.44. The van der Waals surface area contributed by atoms with E-state index in [-0.39, 0.29) is 12.5 Å². The van der Waals surface area contributed by atoms with Gasteiger partial charge in [0.15, 0.2) is 6.61 Å². The van der Waals surface area contributed by atoms with Crippen LogP contribution in [0.4, 0.5) is 5.69 Å². The zero-order valence-electron chi connectivity index (χ0n) is 14.8. The van der Waals surface area contributed by atoms with E-state index >= 15 is 0 Å². The number of halogens is 1. The van der Waals surface area contributed by atoms with Gasteiger partial charge in [-0.05, 0) is 54.8 Å². The molecular formula is C19H22BrN3O2. The number of carbonyl (C=O) groups is 1. The number of aryl methyl sites for hydroxylation is 2. The Morgan fingerprint density at radius 1 is 1.20 bits per heavy atom. The van der Waals surface area contributed by atoms with Crippen molar-refractivity contribution in [3.8, 4) is 5.75 Å². The van der Waals surface area contributed by atoms with Crippen LogP contribution in [0.1, 0.15) is 16.7 Å². The molecule has 0 aromatic heterocycles. The number of hydrogen-bond acceptors (Lipinski definition) is 4. The highest BCUT2D eigenvalue weighted by molar-refractivity contribution is 9.10. The zero-order chi connectivity index (χ0) is 18.4. The van der Waals surface area contributed by atoms with E-state index in [0.717, 1.165) is 32.6 Å². The maximum Gasteiger partial charge on any atom is 0.277 e. The Morgan fingerprint density at radius 3 is 2.36 bits per heavy atom. The molecule has 1 amide bonds. The van der Waals surface area contributed by atoms with E-state index in [1.165, 1.54) is 0 Å². The van der Waals surface area contributed by atoms with E-state index < -0.39 is 0 Å². The van der Waals surface area contributed by atoms with E-state index in [9.17, 15) is 4.79 Å². The molecule has 5 nitrogen and oxygen atoms in total. The largest absolute Gasteiger partial charge is 0.483 e. The first-order chi connectivity index (χ1) is 11.9. The van der Waals surface area contributed by atoms with E-state index in [1.54, 1.807) is 6.21 Å². The second-order valence-corrected chi connectivity index (χ2v) is 6.85. The standard InChI is InChI=1S/C19H22BrN3O2/c1-13-9-16(20)10-14(2)19(13)25-12-18(24)22-21-11-15-5-7-17(8-6-15)23(3)4/h5-11H,12H2,1-4H3,(H,22,24)/b21-11+. The summed E-state index contributed by atoms with van der Waals surface area (Å²) in [5.74, 6) is 0.421. The van der Waals surface area contributed by atoms with Crippen molar-refractivity contribution in [2.24, 2.45) is 5.10 Å². The number of nitrogens with zero attached hydrogens (tertiary/aromatic N) is 2. The molecule has 0 atom stereocenters. The van der Waals surface area contributed by atoms with Gasteiger partial charge in [-0.1, -0.05) is 28.1 Å². The molecule has 2 rings (SSSR count). The molecule has 6 heteroatoms. The van der Waals surface area contributed by atoms with Crippen molar-refractivity contribution in [3.63, 3.8) is 0 Å². The Labute approximate surface area is 156 Å². The first-order valence-electron chi connectivity index (χ1n) is 7.85. The molecule has 1 N–H and O–H groups in total. The summed E-state index contributed by atoms with van der Waals surface area (Å²) in [6, 6.07) is 11.8. The van der Waals surface area contributed by atoms with Gasteiger partial charge in [-0.2, -0.15) is 5.10 Å². The van der Waals surface area contributed by atoms with Crippen molar-refractivity contribution in [1.82, 2.24) is 5.43 Å². The summed E-state index contributed by atoms with van der Waals surface area (Å²) in [7, 11) is 3.97. The number of rotatable bonds is 6. The van der Waals surface area contributed by atoms with E-state index in [1.807, 2.05) is 69.2 Å². The van der Waals surface area contributed by atoms with Gasteiger partial charge >= 0.3 is 0 Å². The molecular weight excluding hydrogens is 382 g/mol. The fourth-order valence-electron chi connectivity index (χ4n) is 2.33. The van der Waals surface area contributed by atoms with E-state index in [0.29, 0.717) is 0 Å². The van der Waals surface area contributed by atoms with Crippen LogP contribution in [-0.4, -0.2) is 32.8 Å². The lowest BCUT2D eigenvalue weighted by atomic mass is 10.1. The maximum atomic E-state index is 11.9. The molecule has 25 heavy (non-hydrogen) atoms. The Balaban J connectivity index is 1.86. The second kappa shape index (κ2) is 8.67. The number of carbonyl (C=O) groups excluding carboxylic acids is 1. The molecule has 0 fully saturated rings. The number of anilines is 1. The molecule has 0 unspecified atom stereocenters. The Morgan fingerprint density at radius 2 is 1.80 bits per heavy atom. The molecule has 0 aliphatic heterocycles. The summed E-state index contributed by atoms with van der Waals surface area (Å²) < 4.78 is 6.61. The third-order valence-corrected chi connectivity index (χ3v) is 4.04. The molecule has 2 aromatic carbocycles. The minimum Gasteiger partial charge on any atom is -0.483 e. The summed E-state index contributed by atoms with van der Waals surface area (Å²) in [5, 5.41) is 3.96. The van der Waals surface area contributed by atoms with Crippen LogP contribution in [0.5, 0.6) is 5.75 Å². The lowest BCUT2D eigenvalue weighted by molar-refractivity contribution is -0.123. The van der Waals surface area contributed by atoms with Gasteiger partial charge in [-0.25, -0.2) is 5.43 Å². The van der Waals surface area contributed by atoms with Gasteiger partial charge in [-0.15, -0.1) is 0 Å². The molecule has 0 aliphatic rings. The summed E-state index contributed by atoms with van der Waals surface area (Å²) in [6.07, 6.45) is 1.60. The Hall–Kier alpha value is -2.34. The van der Waals surface area contributed by atoms with Crippen LogP contribution in [0.3, 0.4) is 0 Å². The van der Waals surface area contributed by atoms with Crippen molar-refractivity contribution in [3.05, 3.63) is 57.6 Å². The molecule has 0 bridgehead atoms. The Kier molecular flexibility index (Phi) is 6.58. The molecule has 132 valence electrons. The fraction of sp³-hybridized carbons (Fsp3) is 0.263. The van der Waals surface area contributed by atoms with Crippen molar-refractivity contribution in [1.29, 1.82) is 0 Å². The number of nitrogens with one attached hydrogen (secondary N) is 1. The number of ether oxygens (including phenoxy) is 1. The van der Waals surface area contributed by atoms with Crippen LogP contribution in [0, 0.1) is 13.8 Å². The van der Waals surface area contributed by atoms with Gasteiger partial charge in [-0.3, -0.25) is 4.79 Å². The lowest BCUT2D eigenvalue weighted by Gasteiger charge is -2.12. The molecule has 0 aliphatic carbocycles. The summed E-state index contributed by atoms with van der Waals surface area (Å²) in [6.45, 7) is 3.81. The summed E-state index contributed by atoms with van der Waals surface area (Å²) >= 11 is 3.44. The lowest BCUT2D eigenvalue weighted by Crippen LogP contribution is -2.25. The predicted octanol–water partition coefficient (Wildman–Crippen LogP) is 3.66. The van der Waals surface area contributed by atoms with E-state index in [2.05, 4.69) is 26.5 Å². The molecule has 0 spiro atoms. The van der Waals surface area contributed by atoms with Gasteiger partial charge in [0.2, 0.25) is 0 Å². The van der Waals surface area contributed by atoms with Crippen LogP contribution in [0.25, 0.3) is 0 Å². The molecule has 0 saturated carbocycles. The minimum atomic E-state index is -0.303. The SMILES string of the molecule is Cc1cc(Br)cc(C)c1OCC(=O)N/N=C/c1ccc(N(C)C)cc1. The molecule has 0 radical (unpaired) electrons. The predicted molar refractivity (Wildman–Crippen MR) is 106 cm³/mol. The third kappa shape index (κ3) is 5.60. The van der Waals surface area contributed by atoms with Gasteiger partial charge in [0, 0.05) is 24.3 Å². The van der Waals surface area contributed by atoms with Crippen molar-refractivity contribution in [2.75, 3.05) is 25.6 Å².